The highest BCUT2D eigenvalue weighted by atomic mass is 31.2. The molecular formula is C77H137N2O7P. The van der Waals surface area contributed by atoms with Gasteiger partial charge in [-0.05, 0) is 115 Å². The normalized spacial score (nSPS) is 14.1. The van der Waals surface area contributed by atoms with E-state index in [4.69, 9.17) is 13.8 Å². The SMILES string of the molecule is CC/C=C\C/C=C\C/C=C\C/C=C\C/C=C\CCCCCCCCCC(=O)OC(/C=C\CCCCCCCCCCC)C(COP(=O)([O-])OCC[N+](C)(C)C)NC(=O)CCCCCCCCCCCCCCCC/C=C\C/C=C\C/C=C\CCCCC. The summed E-state index contributed by atoms with van der Waals surface area (Å²) in [4.78, 5) is 40.2. The summed E-state index contributed by atoms with van der Waals surface area (Å²) in [6.07, 6.45) is 90.7. The highest BCUT2D eigenvalue weighted by Crippen LogP contribution is 2.38. The highest BCUT2D eigenvalue weighted by molar-refractivity contribution is 7.45. The van der Waals surface area contributed by atoms with Gasteiger partial charge in [-0.15, -0.1) is 0 Å². The topological polar surface area (TPSA) is 114 Å². The van der Waals surface area contributed by atoms with Gasteiger partial charge in [-0.2, -0.15) is 0 Å². The van der Waals surface area contributed by atoms with Crippen molar-refractivity contribution in [3.05, 3.63) is 109 Å². The molecule has 0 aromatic heterocycles. The fourth-order valence-corrected chi connectivity index (χ4v) is 10.9. The van der Waals surface area contributed by atoms with Crippen LogP contribution in [0.25, 0.3) is 0 Å². The van der Waals surface area contributed by atoms with E-state index in [0.717, 1.165) is 109 Å². The van der Waals surface area contributed by atoms with Crippen LogP contribution in [0.4, 0.5) is 0 Å². The predicted octanol–water partition coefficient (Wildman–Crippen LogP) is 22.6. The molecule has 87 heavy (non-hydrogen) atoms. The third kappa shape index (κ3) is 66.9. The van der Waals surface area contributed by atoms with Gasteiger partial charge < -0.3 is 28.5 Å². The maximum atomic E-state index is 13.6. The second kappa shape index (κ2) is 65.6. The number of hydrogen-bond acceptors (Lipinski definition) is 7. The largest absolute Gasteiger partial charge is 0.756 e. The zero-order valence-corrected chi connectivity index (χ0v) is 58.3. The molecule has 0 spiro atoms. The summed E-state index contributed by atoms with van der Waals surface area (Å²) >= 11 is 0. The average molecular weight is 1230 g/mol. The number of unbranched alkanes of at least 4 members (excludes halogenated alkanes) is 33. The van der Waals surface area contributed by atoms with Gasteiger partial charge in [-0.1, -0.05) is 297 Å². The molecule has 0 fully saturated rings. The number of esters is 1. The Hall–Kier alpha value is -3.33. The van der Waals surface area contributed by atoms with Crippen molar-refractivity contribution in [2.24, 2.45) is 0 Å². The molecule has 10 heteroatoms. The summed E-state index contributed by atoms with van der Waals surface area (Å²) in [7, 11) is 1.17. The molecule has 0 aliphatic heterocycles. The summed E-state index contributed by atoms with van der Waals surface area (Å²) in [6, 6.07) is -0.900. The molecule has 3 atom stereocenters. The number of phosphoric ester groups is 1. The first-order valence-electron chi connectivity index (χ1n) is 36.2. The lowest BCUT2D eigenvalue weighted by atomic mass is 10.0. The second-order valence-corrected chi connectivity index (χ2v) is 26.8. The molecule has 1 amide bonds. The molecule has 9 nitrogen and oxygen atoms in total. The van der Waals surface area contributed by atoms with Gasteiger partial charge >= 0.3 is 5.97 Å². The third-order valence-corrected chi connectivity index (χ3v) is 16.7. The van der Waals surface area contributed by atoms with E-state index in [1.165, 1.54) is 167 Å². The Labute approximate surface area is 538 Å². The molecule has 0 aromatic rings. The van der Waals surface area contributed by atoms with Crippen molar-refractivity contribution in [2.75, 3.05) is 40.9 Å². The van der Waals surface area contributed by atoms with Gasteiger partial charge in [-0.3, -0.25) is 14.2 Å². The van der Waals surface area contributed by atoms with Crippen LogP contribution in [-0.2, 0) is 27.9 Å². The Morgan fingerprint density at radius 2 is 0.736 bits per heavy atom. The Morgan fingerprint density at radius 3 is 1.13 bits per heavy atom. The van der Waals surface area contributed by atoms with Gasteiger partial charge in [0.1, 0.15) is 19.3 Å². The summed E-state index contributed by atoms with van der Waals surface area (Å²) in [5.41, 5.74) is 0. The van der Waals surface area contributed by atoms with Crippen LogP contribution in [0.15, 0.2) is 109 Å². The molecule has 0 saturated carbocycles. The first-order chi connectivity index (χ1) is 42.4. The van der Waals surface area contributed by atoms with E-state index in [1.54, 1.807) is 0 Å². The van der Waals surface area contributed by atoms with Crippen LogP contribution in [0.1, 0.15) is 316 Å². The standard InChI is InChI=1S/C77H137N2O7P/c1-7-10-13-16-19-22-25-27-29-31-33-35-37-38-39-40-42-43-45-47-49-51-54-57-60-63-66-69-76(80)78-74(73-85-87(82,83)84-72-71-79(4,5)6)75(68-65-62-59-56-53-24-21-18-15-12-9-3)86-77(81)70-67-64-61-58-55-52-50-48-46-44-41-36-34-32-30-28-26-23-20-17-14-11-8-2/h11,14,19-20,22-23,27-30,33-36,44,46,65,68,74-75H,7-10,12-13,15-18,21,24-26,31-32,37-43,45,47-64,66-67,69-73H2,1-6H3,(H-,78,80,82,83)/b14-11-,22-19-,23-20-,29-27-,30-28-,35-33-,36-34-,46-44-,68-65-. The molecule has 0 rings (SSSR count). The summed E-state index contributed by atoms with van der Waals surface area (Å²) in [5, 5.41) is 3.04. The number of rotatable bonds is 65. The van der Waals surface area contributed by atoms with Crippen molar-refractivity contribution in [3.8, 4) is 0 Å². The average Bonchev–Trinajstić information content (AvgIpc) is 3.70. The number of nitrogens with zero attached hydrogens (tertiary/aromatic N) is 1. The van der Waals surface area contributed by atoms with Crippen LogP contribution >= 0.6 is 7.82 Å². The van der Waals surface area contributed by atoms with Crippen molar-refractivity contribution in [2.45, 2.75) is 328 Å². The van der Waals surface area contributed by atoms with Crippen LogP contribution in [-0.4, -0.2) is 69.4 Å². The van der Waals surface area contributed by atoms with Gasteiger partial charge in [0.25, 0.3) is 7.82 Å². The first-order valence-corrected chi connectivity index (χ1v) is 37.7. The molecule has 0 heterocycles. The van der Waals surface area contributed by atoms with Gasteiger partial charge in [-0.25, -0.2) is 0 Å². The van der Waals surface area contributed by atoms with E-state index < -0.39 is 26.6 Å². The van der Waals surface area contributed by atoms with Crippen LogP contribution in [0, 0.1) is 0 Å². The second-order valence-electron chi connectivity index (χ2n) is 25.4. The number of hydrogen-bond donors (Lipinski definition) is 1. The van der Waals surface area contributed by atoms with Crippen LogP contribution in [0.2, 0.25) is 0 Å². The van der Waals surface area contributed by atoms with Gasteiger partial charge in [0, 0.05) is 12.8 Å². The zero-order chi connectivity index (χ0) is 63.5. The van der Waals surface area contributed by atoms with Crippen LogP contribution in [0.3, 0.4) is 0 Å². The first kappa shape index (κ1) is 83.7. The minimum absolute atomic E-state index is 0.0285. The minimum atomic E-state index is -4.71. The molecule has 0 bridgehead atoms. The number of carbonyl (C=O) groups is 2. The number of quaternary nitrogens is 1. The minimum Gasteiger partial charge on any atom is -0.756 e. The lowest BCUT2D eigenvalue weighted by molar-refractivity contribution is -0.870. The third-order valence-electron chi connectivity index (χ3n) is 15.7. The molecule has 3 unspecified atom stereocenters. The Bertz CT molecular complexity index is 1860. The van der Waals surface area contributed by atoms with Crippen molar-refractivity contribution >= 4 is 19.7 Å². The van der Waals surface area contributed by atoms with Crippen molar-refractivity contribution in [1.29, 1.82) is 0 Å². The van der Waals surface area contributed by atoms with Gasteiger partial charge in [0.05, 0.1) is 33.8 Å². The van der Waals surface area contributed by atoms with E-state index in [2.05, 4.69) is 123 Å². The Balaban J connectivity index is 5.01. The number of carbonyl (C=O) groups excluding carboxylic acids is 2. The number of amides is 1. The number of ether oxygens (including phenoxy) is 1. The smallest absolute Gasteiger partial charge is 0.306 e. The number of allylic oxidation sites excluding steroid dienone is 17. The Morgan fingerprint density at radius 1 is 0.414 bits per heavy atom. The number of phosphoric acid groups is 1. The molecule has 0 aliphatic carbocycles. The molecule has 0 aromatic carbocycles. The number of nitrogens with one attached hydrogen (secondary N) is 1. The predicted molar refractivity (Wildman–Crippen MR) is 376 cm³/mol. The lowest BCUT2D eigenvalue weighted by Gasteiger charge is -2.30. The Kier molecular flexibility index (Phi) is 63.1. The summed E-state index contributed by atoms with van der Waals surface area (Å²) in [6.45, 7) is 6.71. The van der Waals surface area contributed by atoms with Gasteiger partial charge in [0.15, 0.2) is 0 Å². The maximum Gasteiger partial charge on any atom is 0.306 e. The van der Waals surface area contributed by atoms with Crippen molar-refractivity contribution in [3.63, 3.8) is 0 Å². The maximum absolute atomic E-state index is 13.6. The van der Waals surface area contributed by atoms with E-state index in [9.17, 15) is 19.0 Å². The molecule has 1 N–H and O–H groups in total. The van der Waals surface area contributed by atoms with Crippen LogP contribution in [0.5, 0.6) is 0 Å². The van der Waals surface area contributed by atoms with E-state index in [-0.39, 0.29) is 24.9 Å². The van der Waals surface area contributed by atoms with E-state index in [1.807, 2.05) is 33.3 Å². The molecular weight excluding hydrogens is 1100 g/mol. The van der Waals surface area contributed by atoms with Crippen molar-refractivity contribution < 1.29 is 37.3 Å². The fraction of sp³-hybridized carbons (Fsp3) is 0.740. The van der Waals surface area contributed by atoms with Crippen LogP contribution < -0.4 is 10.2 Å². The zero-order valence-electron chi connectivity index (χ0n) is 57.4. The quantitative estimate of drug-likeness (QED) is 0.0212. The van der Waals surface area contributed by atoms with Crippen molar-refractivity contribution in [1.82, 2.24) is 5.32 Å². The van der Waals surface area contributed by atoms with E-state index in [0.29, 0.717) is 23.9 Å². The molecule has 0 radical (unpaired) electrons. The molecule has 0 aliphatic rings. The van der Waals surface area contributed by atoms with Gasteiger partial charge in [0.2, 0.25) is 5.91 Å². The number of likely N-dealkylation sites (N-methyl/N-ethyl adjacent to an activating group) is 1. The summed E-state index contributed by atoms with van der Waals surface area (Å²) in [5.74, 6) is -0.553. The highest BCUT2D eigenvalue weighted by Gasteiger charge is 2.27. The summed E-state index contributed by atoms with van der Waals surface area (Å²) < 4.78 is 30.4. The lowest BCUT2D eigenvalue weighted by Crippen LogP contribution is -2.47. The molecule has 502 valence electrons. The monoisotopic (exact) mass is 1230 g/mol. The molecule has 0 saturated heterocycles. The fourth-order valence-electron chi connectivity index (χ4n) is 10.1. The van der Waals surface area contributed by atoms with E-state index >= 15 is 0 Å².